The van der Waals surface area contributed by atoms with Crippen LogP contribution in [0, 0.1) is 23.7 Å². The Labute approximate surface area is 183 Å². The second-order valence-corrected chi connectivity index (χ2v) is 7.47. The molecule has 8 nitrogen and oxygen atoms in total. The summed E-state index contributed by atoms with van der Waals surface area (Å²) < 4.78 is 9.69. The van der Waals surface area contributed by atoms with Gasteiger partial charge in [0, 0.05) is 0 Å². The third-order valence-electron chi connectivity index (χ3n) is 3.40. The van der Waals surface area contributed by atoms with E-state index in [2.05, 4.69) is 4.74 Å². The first-order chi connectivity index (χ1) is 12.2. The van der Waals surface area contributed by atoms with E-state index < -0.39 is 42.1 Å². The Balaban J connectivity index is -0.000000140. The number of carboxylic acid groups (broad SMARTS) is 2. The second kappa shape index (κ2) is 18.9. The first-order valence-electron chi connectivity index (χ1n) is 9.05. The Morgan fingerprint density at radius 1 is 0.667 bits per heavy atom. The maximum absolute atomic E-state index is 12.0. The van der Waals surface area contributed by atoms with E-state index in [4.69, 9.17) is 9.84 Å². The molecule has 0 amide bonds. The molecule has 0 aliphatic rings. The molecule has 0 saturated carbocycles. The van der Waals surface area contributed by atoms with Crippen LogP contribution < -0.4 is 0 Å². The van der Waals surface area contributed by atoms with Gasteiger partial charge in [0.05, 0.1) is 24.0 Å². The predicted molar refractivity (Wildman–Crippen MR) is 119 cm³/mol. The number of ether oxygens (including phenoxy) is 2. The first kappa shape index (κ1) is 38.5. The van der Waals surface area contributed by atoms with Crippen LogP contribution in [0.15, 0.2) is 0 Å². The van der Waals surface area contributed by atoms with Crippen molar-refractivity contribution < 1.29 is 38.9 Å². The number of aliphatic carboxylic acids is 2. The standard InChI is InChI=1S/C13H24O4.C6H10O4.3CH4/c1-7(2)10(12(14)15)11(8(3)4)13(16)17-9(5)6;1-4(2)10-6(9)3-5(7)8;;;/h7-11H,1-6H3,(H,14,15);4H,3H2,1-2H3,(H,7,8);3*1H4. The van der Waals surface area contributed by atoms with Crippen molar-refractivity contribution in [1.29, 1.82) is 0 Å². The Morgan fingerprint density at radius 3 is 1.27 bits per heavy atom. The van der Waals surface area contributed by atoms with Crippen LogP contribution in [0.25, 0.3) is 0 Å². The third-order valence-corrected chi connectivity index (χ3v) is 3.40. The molecule has 0 heterocycles. The van der Waals surface area contributed by atoms with Crippen LogP contribution in [-0.2, 0) is 28.7 Å². The highest BCUT2D eigenvalue weighted by Gasteiger charge is 2.39. The van der Waals surface area contributed by atoms with Crippen molar-refractivity contribution >= 4 is 23.9 Å². The van der Waals surface area contributed by atoms with Gasteiger partial charge >= 0.3 is 23.9 Å². The minimum absolute atomic E-state index is 0. The molecule has 0 saturated heterocycles. The molecule has 0 aromatic carbocycles. The molecule has 0 fully saturated rings. The van der Waals surface area contributed by atoms with Gasteiger partial charge in [-0.15, -0.1) is 0 Å². The largest absolute Gasteiger partial charge is 0.481 e. The summed E-state index contributed by atoms with van der Waals surface area (Å²) in [4.78, 5) is 43.6. The van der Waals surface area contributed by atoms with Crippen LogP contribution in [-0.4, -0.2) is 46.3 Å². The number of carboxylic acids is 2. The average Bonchev–Trinajstić information content (AvgIpc) is 2.40. The van der Waals surface area contributed by atoms with Gasteiger partial charge in [0.1, 0.15) is 6.42 Å². The smallest absolute Gasteiger partial charge is 0.317 e. The summed E-state index contributed by atoms with van der Waals surface area (Å²) in [6.45, 7) is 14.2. The van der Waals surface area contributed by atoms with E-state index in [9.17, 15) is 24.3 Å². The molecule has 2 atom stereocenters. The van der Waals surface area contributed by atoms with Crippen LogP contribution in [0.1, 0.15) is 84.1 Å². The van der Waals surface area contributed by atoms with Crippen molar-refractivity contribution in [2.24, 2.45) is 23.7 Å². The molecule has 0 rings (SSSR count). The Bertz CT molecular complexity index is 495. The molecule has 2 N–H and O–H groups in total. The number of carbonyl (C=O) groups excluding carboxylic acids is 2. The van der Waals surface area contributed by atoms with Crippen molar-refractivity contribution in [3.8, 4) is 0 Å². The molecular formula is C22H46O8. The molecular weight excluding hydrogens is 392 g/mol. The van der Waals surface area contributed by atoms with Gasteiger partial charge in [-0.1, -0.05) is 50.0 Å². The van der Waals surface area contributed by atoms with Gasteiger partial charge in [-0.3, -0.25) is 19.2 Å². The zero-order chi connectivity index (χ0) is 21.9. The molecule has 0 aliphatic heterocycles. The maximum Gasteiger partial charge on any atom is 0.317 e. The Hall–Kier alpha value is -2.12. The number of esters is 2. The molecule has 182 valence electrons. The van der Waals surface area contributed by atoms with Gasteiger partial charge in [0.15, 0.2) is 0 Å². The van der Waals surface area contributed by atoms with Gasteiger partial charge in [0.2, 0.25) is 0 Å². The fourth-order valence-electron chi connectivity index (χ4n) is 2.43. The first-order valence-corrected chi connectivity index (χ1v) is 9.05. The molecule has 0 radical (unpaired) electrons. The van der Waals surface area contributed by atoms with Crippen molar-refractivity contribution in [3.05, 3.63) is 0 Å². The average molecular weight is 439 g/mol. The fourth-order valence-corrected chi connectivity index (χ4v) is 2.43. The van der Waals surface area contributed by atoms with E-state index in [1.807, 2.05) is 27.7 Å². The van der Waals surface area contributed by atoms with Crippen molar-refractivity contribution in [2.75, 3.05) is 0 Å². The highest BCUT2D eigenvalue weighted by Crippen LogP contribution is 2.29. The predicted octanol–water partition coefficient (Wildman–Crippen LogP) is 4.89. The van der Waals surface area contributed by atoms with E-state index in [0.717, 1.165) is 0 Å². The van der Waals surface area contributed by atoms with Crippen LogP contribution >= 0.6 is 0 Å². The van der Waals surface area contributed by atoms with E-state index >= 15 is 0 Å². The van der Waals surface area contributed by atoms with Crippen molar-refractivity contribution in [2.45, 2.75) is 96.3 Å². The zero-order valence-corrected chi connectivity index (χ0v) is 17.5. The molecule has 0 aromatic rings. The minimum atomic E-state index is -1.16. The van der Waals surface area contributed by atoms with Gasteiger partial charge in [-0.05, 0) is 39.5 Å². The molecule has 0 aromatic heterocycles. The molecule has 0 spiro atoms. The summed E-state index contributed by atoms with van der Waals surface area (Å²) >= 11 is 0. The van der Waals surface area contributed by atoms with Gasteiger partial charge < -0.3 is 19.7 Å². The molecule has 8 heteroatoms. The van der Waals surface area contributed by atoms with Crippen LogP contribution in [0.4, 0.5) is 0 Å². The van der Waals surface area contributed by atoms with Crippen LogP contribution in [0.2, 0.25) is 0 Å². The number of carbonyl (C=O) groups is 4. The lowest BCUT2D eigenvalue weighted by atomic mass is 9.77. The number of rotatable bonds is 9. The summed E-state index contributed by atoms with van der Waals surface area (Å²) in [5.74, 6) is -4.62. The summed E-state index contributed by atoms with van der Waals surface area (Å²) in [6.07, 6.45) is -1.02. The van der Waals surface area contributed by atoms with Crippen LogP contribution in [0.3, 0.4) is 0 Å². The Morgan fingerprint density at radius 2 is 1.03 bits per heavy atom. The van der Waals surface area contributed by atoms with Gasteiger partial charge in [0.25, 0.3) is 0 Å². The highest BCUT2D eigenvalue weighted by atomic mass is 16.5. The van der Waals surface area contributed by atoms with Gasteiger partial charge in [-0.25, -0.2) is 0 Å². The normalized spacial score (nSPS) is 11.7. The highest BCUT2D eigenvalue weighted by molar-refractivity contribution is 5.90. The number of hydrogen-bond donors (Lipinski definition) is 2. The van der Waals surface area contributed by atoms with Gasteiger partial charge in [-0.2, -0.15) is 0 Å². The summed E-state index contributed by atoms with van der Waals surface area (Å²) in [6, 6.07) is 0. The summed E-state index contributed by atoms with van der Waals surface area (Å²) in [5.41, 5.74) is 0. The van der Waals surface area contributed by atoms with Crippen LogP contribution in [0.5, 0.6) is 0 Å². The molecule has 30 heavy (non-hydrogen) atoms. The molecule has 0 aliphatic carbocycles. The maximum atomic E-state index is 12.0. The minimum Gasteiger partial charge on any atom is -0.481 e. The van der Waals surface area contributed by atoms with E-state index in [1.165, 1.54) is 0 Å². The summed E-state index contributed by atoms with van der Waals surface area (Å²) in [7, 11) is 0. The number of hydrogen-bond acceptors (Lipinski definition) is 6. The topological polar surface area (TPSA) is 127 Å². The second-order valence-electron chi connectivity index (χ2n) is 7.47. The SMILES string of the molecule is C.C.C.CC(C)OC(=O)C(C(C)C)C(C(=O)O)C(C)C.CC(C)OC(=O)CC(=O)O. The lowest BCUT2D eigenvalue weighted by Crippen LogP contribution is -2.38. The lowest BCUT2D eigenvalue weighted by Gasteiger charge is -2.28. The third kappa shape index (κ3) is 17.9. The monoisotopic (exact) mass is 438 g/mol. The van der Waals surface area contributed by atoms with E-state index in [1.54, 1.807) is 27.7 Å². The quantitative estimate of drug-likeness (QED) is 0.385. The molecule has 2 unspecified atom stereocenters. The fraction of sp³-hybridized carbons (Fsp3) is 0.818. The molecule has 0 bridgehead atoms. The van der Waals surface area contributed by atoms with E-state index in [-0.39, 0.29) is 46.3 Å². The lowest BCUT2D eigenvalue weighted by molar-refractivity contribution is -0.164. The van der Waals surface area contributed by atoms with Crippen molar-refractivity contribution in [3.63, 3.8) is 0 Å². The van der Waals surface area contributed by atoms with E-state index in [0.29, 0.717) is 0 Å². The zero-order valence-electron chi connectivity index (χ0n) is 17.5. The summed E-state index contributed by atoms with van der Waals surface area (Å²) in [5, 5.41) is 17.3. The van der Waals surface area contributed by atoms with Crippen molar-refractivity contribution in [1.82, 2.24) is 0 Å². The Kier molecular flexibility index (Phi) is 24.2.